The number of aromatic nitrogens is 3. The van der Waals surface area contributed by atoms with Crippen molar-refractivity contribution < 1.29 is 14.3 Å². The number of benzene rings is 1. The van der Waals surface area contributed by atoms with Gasteiger partial charge in [0.05, 0.1) is 12.9 Å². The molecule has 150 valence electrons. The zero-order valence-corrected chi connectivity index (χ0v) is 17.3. The third-order valence-electron chi connectivity index (χ3n) is 3.68. The smallest absolute Gasteiger partial charge is 0.286 e. The first-order valence-corrected chi connectivity index (χ1v) is 10.6. The van der Waals surface area contributed by atoms with Crippen molar-refractivity contribution in [3.8, 4) is 5.75 Å². The third-order valence-corrected chi connectivity index (χ3v) is 5.73. The van der Waals surface area contributed by atoms with E-state index in [-0.39, 0.29) is 16.8 Å². The molecule has 0 saturated heterocycles. The summed E-state index contributed by atoms with van der Waals surface area (Å²) in [4.78, 5) is 28.2. The summed E-state index contributed by atoms with van der Waals surface area (Å²) >= 11 is 2.63. The summed E-state index contributed by atoms with van der Waals surface area (Å²) in [5.41, 5.74) is 1.59. The van der Waals surface area contributed by atoms with Crippen LogP contribution in [-0.2, 0) is 17.1 Å². The van der Waals surface area contributed by atoms with E-state index in [0.29, 0.717) is 34.5 Å². The van der Waals surface area contributed by atoms with Gasteiger partial charge in [0.2, 0.25) is 10.9 Å². The molecule has 10 heteroatoms. The van der Waals surface area contributed by atoms with Crippen LogP contribution in [0, 0.1) is 0 Å². The highest BCUT2D eigenvalue weighted by atomic mass is 32.2. The van der Waals surface area contributed by atoms with Crippen molar-refractivity contribution in [2.45, 2.75) is 12.3 Å². The number of carbonyl (C=O) groups excluding carboxylic acids is 2. The van der Waals surface area contributed by atoms with Gasteiger partial charge < -0.3 is 15.4 Å². The number of hydrogen-bond donors (Lipinski definition) is 2. The quantitative estimate of drug-likeness (QED) is 0.539. The number of pyridine rings is 1. The predicted octanol–water partition coefficient (Wildman–Crippen LogP) is 2.74. The van der Waals surface area contributed by atoms with E-state index in [1.165, 1.54) is 23.1 Å². The van der Waals surface area contributed by atoms with Gasteiger partial charge in [-0.1, -0.05) is 17.4 Å². The van der Waals surface area contributed by atoms with Crippen molar-refractivity contribution in [2.24, 2.45) is 0 Å². The summed E-state index contributed by atoms with van der Waals surface area (Å²) in [6.45, 7) is 0.446. The molecule has 0 unspecified atom stereocenters. The van der Waals surface area contributed by atoms with Gasteiger partial charge in [-0.3, -0.25) is 14.6 Å². The Kier molecular flexibility index (Phi) is 7.54. The average Bonchev–Trinajstić information content (AvgIpc) is 3.23. The maximum atomic E-state index is 12.3. The monoisotopic (exact) mass is 429 g/mol. The van der Waals surface area contributed by atoms with E-state index in [1.807, 2.05) is 12.1 Å². The molecule has 1 aromatic carbocycles. The molecule has 3 aromatic rings. The number of nitrogens with one attached hydrogen (secondary N) is 2. The molecule has 2 aromatic heterocycles. The maximum Gasteiger partial charge on any atom is 0.286 e. The van der Waals surface area contributed by atoms with Gasteiger partial charge in [-0.05, 0) is 35.9 Å². The van der Waals surface area contributed by atoms with Crippen LogP contribution in [0.4, 0.5) is 5.69 Å². The van der Waals surface area contributed by atoms with Crippen molar-refractivity contribution >= 4 is 40.6 Å². The number of nitrogens with zero attached hydrogens (tertiary/aromatic N) is 3. The fourth-order valence-electron chi connectivity index (χ4n) is 2.25. The SMILES string of the molecule is COc1ccc(NC(=O)c2nnc(CSCC(=O)NCc3cccnc3)s2)cc1. The van der Waals surface area contributed by atoms with Gasteiger partial charge in [0.15, 0.2) is 0 Å². The molecule has 3 rings (SSSR count). The Hall–Kier alpha value is -2.98. The van der Waals surface area contributed by atoms with Crippen LogP contribution in [0.25, 0.3) is 0 Å². The number of anilines is 1. The largest absolute Gasteiger partial charge is 0.497 e. The molecule has 0 aliphatic rings. The Balaban J connectivity index is 1.41. The van der Waals surface area contributed by atoms with Crippen molar-refractivity contribution in [3.63, 3.8) is 0 Å². The maximum absolute atomic E-state index is 12.3. The van der Waals surface area contributed by atoms with Crippen LogP contribution in [0.1, 0.15) is 20.4 Å². The van der Waals surface area contributed by atoms with Crippen LogP contribution >= 0.6 is 23.1 Å². The molecule has 8 nitrogen and oxygen atoms in total. The van der Waals surface area contributed by atoms with Gasteiger partial charge in [0.25, 0.3) is 5.91 Å². The Bertz CT molecular complexity index is 948. The molecule has 0 spiro atoms. The second-order valence-corrected chi connectivity index (χ2v) is 7.86. The van der Waals surface area contributed by atoms with E-state index in [4.69, 9.17) is 4.74 Å². The lowest BCUT2D eigenvalue weighted by molar-refractivity contribution is -0.118. The standard InChI is InChI=1S/C19H19N5O3S2/c1-27-15-6-4-14(5-7-15)22-18(26)19-24-23-17(29-19)12-28-11-16(25)21-10-13-3-2-8-20-9-13/h2-9H,10-12H2,1H3,(H,21,25)(H,22,26). The van der Waals surface area contributed by atoms with E-state index in [1.54, 1.807) is 43.8 Å². The molecule has 0 radical (unpaired) electrons. The number of carbonyl (C=O) groups is 2. The van der Waals surface area contributed by atoms with Crippen LogP contribution in [-0.4, -0.2) is 39.9 Å². The van der Waals surface area contributed by atoms with Gasteiger partial charge in [0, 0.05) is 30.4 Å². The molecule has 0 aliphatic carbocycles. The number of amides is 2. The number of ether oxygens (including phenoxy) is 1. The molecule has 2 amide bonds. The molecule has 2 N–H and O–H groups in total. The summed E-state index contributed by atoms with van der Waals surface area (Å²) in [6, 6.07) is 10.7. The summed E-state index contributed by atoms with van der Waals surface area (Å²) in [7, 11) is 1.58. The van der Waals surface area contributed by atoms with Crippen molar-refractivity contribution in [1.29, 1.82) is 0 Å². The van der Waals surface area contributed by atoms with E-state index in [0.717, 1.165) is 5.56 Å². The summed E-state index contributed by atoms with van der Waals surface area (Å²) in [5.74, 6) is 1.13. The lowest BCUT2D eigenvalue weighted by atomic mass is 10.3. The molecule has 29 heavy (non-hydrogen) atoms. The predicted molar refractivity (Wildman–Crippen MR) is 113 cm³/mol. The highest BCUT2D eigenvalue weighted by Crippen LogP contribution is 2.19. The fourth-order valence-corrected chi connectivity index (χ4v) is 3.89. The zero-order valence-electron chi connectivity index (χ0n) is 15.6. The molecule has 0 saturated carbocycles. The Morgan fingerprint density at radius 3 is 2.72 bits per heavy atom. The minimum absolute atomic E-state index is 0.0687. The molecule has 0 atom stereocenters. The second-order valence-electron chi connectivity index (χ2n) is 5.81. The first-order valence-electron chi connectivity index (χ1n) is 8.65. The van der Waals surface area contributed by atoms with E-state index < -0.39 is 0 Å². The van der Waals surface area contributed by atoms with Crippen LogP contribution in [0.5, 0.6) is 5.75 Å². The highest BCUT2D eigenvalue weighted by molar-refractivity contribution is 7.99. The molecule has 0 aliphatic heterocycles. The number of methoxy groups -OCH3 is 1. The number of rotatable bonds is 9. The van der Waals surface area contributed by atoms with Crippen molar-refractivity contribution in [3.05, 3.63) is 64.4 Å². The molecule has 0 bridgehead atoms. The molecule has 0 fully saturated rings. The fraction of sp³-hybridized carbons (Fsp3) is 0.211. The number of hydrogen-bond acceptors (Lipinski definition) is 8. The second kappa shape index (κ2) is 10.5. The minimum Gasteiger partial charge on any atom is -0.497 e. The highest BCUT2D eigenvalue weighted by Gasteiger charge is 2.13. The average molecular weight is 430 g/mol. The lowest BCUT2D eigenvalue weighted by Crippen LogP contribution is -2.24. The van der Waals surface area contributed by atoms with Crippen LogP contribution in [0.3, 0.4) is 0 Å². The summed E-state index contributed by atoms with van der Waals surface area (Å²) in [5, 5.41) is 14.5. The Morgan fingerprint density at radius 2 is 2.00 bits per heavy atom. The molecular weight excluding hydrogens is 410 g/mol. The van der Waals surface area contributed by atoms with Crippen LogP contribution < -0.4 is 15.4 Å². The van der Waals surface area contributed by atoms with Crippen molar-refractivity contribution in [1.82, 2.24) is 20.5 Å². The Morgan fingerprint density at radius 1 is 1.17 bits per heavy atom. The third kappa shape index (κ3) is 6.54. The normalized spacial score (nSPS) is 10.4. The van der Waals surface area contributed by atoms with Gasteiger partial charge in [-0.15, -0.1) is 22.0 Å². The van der Waals surface area contributed by atoms with Gasteiger partial charge >= 0.3 is 0 Å². The topological polar surface area (TPSA) is 106 Å². The first kappa shape index (κ1) is 20.7. The van der Waals surface area contributed by atoms with Gasteiger partial charge in [-0.2, -0.15) is 0 Å². The van der Waals surface area contributed by atoms with Crippen molar-refractivity contribution in [2.75, 3.05) is 18.2 Å². The summed E-state index contributed by atoms with van der Waals surface area (Å²) in [6.07, 6.45) is 3.40. The van der Waals surface area contributed by atoms with Gasteiger partial charge in [-0.25, -0.2) is 0 Å². The zero-order chi connectivity index (χ0) is 20.5. The molecular formula is C19H19N5O3S2. The minimum atomic E-state index is -0.321. The lowest BCUT2D eigenvalue weighted by Gasteiger charge is -2.04. The van der Waals surface area contributed by atoms with E-state index in [9.17, 15) is 9.59 Å². The van der Waals surface area contributed by atoms with E-state index in [2.05, 4.69) is 25.8 Å². The van der Waals surface area contributed by atoms with Gasteiger partial charge in [0.1, 0.15) is 10.8 Å². The Labute approximate surface area is 176 Å². The first-order chi connectivity index (χ1) is 14.1. The van der Waals surface area contributed by atoms with Crippen LogP contribution in [0.2, 0.25) is 0 Å². The summed E-state index contributed by atoms with van der Waals surface area (Å²) < 4.78 is 5.09. The molecule has 2 heterocycles. The van der Waals surface area contributed by atoms with E-state index >= 15 is 0 Å². The number of thioether (sulfide) groups is 1. The van der Waals surface area contributed by atoms with Crippen LogP contribution in [0.15, 0.2) is 48.8 Å².